The minimum Gasteiger partial charge on any atom is -0.493 e. The summed E-state index contributed by atoms with van der Waals surface area (Å²) in [7, 11) is 3.15. The van der Waals surface area contributed by atoms with Crippen LogP contribution in [0.1, 0.15) is 15.9 Å². The Labute approximate surface area is 183 Å². The molecular weight excluding hydrogens is 423 g/mol. The standard InChI is InChI=1S/C23H22F3N3O3/c1-29(13-14-32-20-11-4-3-10-19(20)31-2)22(30)18-9-6-12-27-21(18)28-17-8-5-7-16(15-17)23(24,25)26/h3-12,15H,13-14H2,1-2H3,(H,27,28). The Kier molecular flexibility index (Phi) is 7.19. The number of hydrogen-bond donors (Lipinski definition) is 1. The van der Waals surface area contributed by atoms with Gasteiger partial charge in [0.15, 0.2) is 11.5 Å². The van der Waals surface area contributed by atoms with Crippen molar-refractivity contribution in [3.05, 3.63) is 78.0 Å². The van der Waals surface area contributed by atoms with Crippen LogP contribution in [-0.4, -0.2) is 43.1 Å². The third kappa shape index (κ3) is 5.69. The first-order valence-electron chi connectivity index (χ1n) is 9.70. The van der Waals surface area contributed by atoms with Crippen molar-refractivity contribution in [2.75, 3.05) is 32.6 Å². The van der Waals surface area contributed by atoms with Gasteiger partial charge in [0.2, 0.25) is 0 Å². The molecule has 0 spiro atoms. The monoisotopic (exact) mass is 445 g/mol. The minimum absolute atomic E-state index is 0.161. The van der Waals surface area contributed by atoms with E-state index in [9.17, 15) is 18.0 Å². The number of likely N-dealkylation sites (N-methyl/N-ethyl adjacent to an activating group) is 1. The summed E-state index contributed by atoms with van der Waals surface area (Å²) >= 11 is 0. The van der Waals surface area contributed by atoms with E-state index in [-0.39, 0.29) is 36.1 Å². The molecule has 0 fully saturated rings. The van der Waals surface area contributed by atoms with Gasteiger partial charge in [-0.25, -0.2) is 4.98 Å². The Balaban J connectivity index is 1.68. The summed E-state index contributed by atoms with van der Waals surface area (Å²) in [5, 5.41) is 2.81. The molecule has 6 nitrogen and oxygen atoms in total. The maximum Gasteiger partial charge on any atom is 0.416 e. The average Bonchev–Trinajstić information content (AvgIpc) is 2.79. The number of para-hydroxylation sites is 2. The molecule has 3 rings (SSSR count). The number of amides is 1. The molecule has 0 unspecified atom stereocenters. The van der Waals surface area contributed by atoms with Crippen LogP contribution in [0.15, 0.2) is 66.9 Å². The number of benzene rings is 2. The van der Waals surface area contributed by atoms with Crippen LogP contribution in [-0.2, 0) is 6.18 Å². The molecule has 0 bridgehead atoms. The Hall–Kier alpha value is -3.75. The number of rotatable bonds is 8. The molecule has 32 heavy (non-hydrogen) atoms. The molecule has 0 aliphatic heterocycles. The lowest BCUT2D eigenvalue weighted by atomic mass is 10.1. The van der Waals surface area contributed by atoms with Gasteiger partial charge in [-0.15, -0.1) is 0 Å². The van der Waals surface area contributed by atoms with Crippen molar-refractivity contribution >= 4 is 17.4 Å². The first-order valence-corrected chi connectivity index (χ1v) is 9.70. The van der Waals surface area contributed by atoms with E-state index in [0.29, 0.717) is 11.5 Å². The zero-order valence-electron chi connectivity index (χ0n) is 17.5. The maximum atomic E-state index is 13.0. The number of hydrogen-bond acceptors (Lipinski definition) is 5. The van der Waals surface area contributed by atoms with Gasteiger partial charge in [-0.05, 0) is 42.5 Å². The van der Waals surface area contributed by atoms with Gasteiger partial charge in [-0.2, -0.15) is 13.2 Å². The molecule has 0 aliphatic rings. The van der Waals surface area contributed by atoms with Crippen molar-refractivity contribution in [1.82, 2.24) is 9.88 Å². The average molecular weight is 445 g/mol. The van der Waals surface area contributed by atoms with Crippen LogP contribution < -0.4 is 14.8 Å². The predicted octanol–water partition coefficient (Wildman–Crippen LogP) is 5.00. The highest BCUT2D eigenvalue weighted by molar-refractivity contribution is 5.99. The van der Waals surface area contributed by atoms with Gasteiger partial charge in [-0.1, -0.05) is 18.2 Å². The molecule has 9 heteroatoms. The highest BCUT2D eigenvalue weighted by Crippen LogP contribution is 2.31. The molecule has 1 aromatic heterocycles. The molecule has 2 aromatic carbocycles. The molecule has 1 amide bonds. The van der Waals surface area contributed by atoms with E-state index in [0.717, 1.165) is 12.1 Å². The molecule has 3 aromatic rings. The Morgan fingerprint density at radius 2 is 1.81 bits per heavy atom. The van der Waals surface area contributed by atoms with Crippen LogP contribution in [0, 0.1) is 0 Å². The quantitative estimate of drug-likeness (QED) is 0.529. The molecule has 0 atom stereocenters. The second-order valence-electron chi connectivity index (χ2n) is 6.83. The first kappa shape index (κ1) is 22.9. The van der Waals surface area contributed by atoms with Gasteiger partial charge in [0, 0.05) is 18.9 Å². The summed E-state index contributed by atoms with van der Waals surface area (Å²) in [4.78, 5) is 18.5. The fourth-order valence-corrected chi connectivity index (χ4v) is 2.93. The van der Waals surface area contributed by atoms with Gasteiger partial charge in [0.25, 0.3) is 5.91 Å². The zero-order valence-corrected chi connectivity index (χ0v) is 17.5. The third-order valence-electron chi connectivity index (χ3n) is 4.59. The lowest BCUT2D eigenvalue weighted by Gasteiger charge is -2.20. The number of carbonyl (C=O) groups excluding carboxylic acids is 1. The van der Waals surface area contributed by atoms with Crippen LogP contribution in [0.25, 0.3) is 0 Å². The number of aromatic nitrogens is 1. The fraction of sp³-hybridized carbons (Fsp3) is 0.217. The van der Waals surface area contributed by atoms with E-state index < -0.39 is 11.7 Å². The zero-order chi connectivity index (χ0) is 23.1. The smallest absolute Gasteiger partial charge is 0.416 e. The lowest BCUT2D eigenvalue weighted by Crippen LogP contribution is -2.31. The van der Waals surface area contributed by atoms with Crippen molar-refractivity contribution < 1.29 is 27.4 Å². The van der Waals surface area contributed by atoms with Crippen LogP contribution in [0.5, 0.6) is 11.5 Å². The van der Waals surface area contributed by atoms with Gasteiger partial charge in [0.05, 0.1) is 24.8 Å². The minimum atomic E-state index is -4.47. The van der Waals surface area contributed by atoms with Crippen molar-refractivity contribution in [3.8, 4) is 11.5 Å². The molecule has 0 saturated carbocycles. The number of nitrogens with zero attached hydrogens (tertiary/aromatic N) is 2. The van der Waals surface area contributed by atoms with Crippen molar-refractivity contribution in [2.45, 2.75) is 6.18 Å². The number of halogens is 3. The van der Waals surface area contributed by atoms with Crippen LogP contribution in [0.3, 0.4) is 0 Å². The van der Waals surface area contributed by atoms with Crippen LogP contribution >= 0.6 is 0 Å². The van der Waals surface area contributed by atoms with E-state index in [1.165, 1.54) is 23.2 Å². The number of nitrogens with one attached hydrogen (secondary N) is 1. The second kappa shape index (κ2) is 10.0. The Bertz CT molecular complexity index is 1070. The third-order valence-corrected chi connectivity index (χ3v) is 4.59. The summed E-state index contributed by atoms with van der Waals surface area (Å²) in [6.45, 7) is 0.494. The first-order chi connectivity index (χ1) is 15.3. The van der Waals surface area contributed by atoms with E-state index in [4.69, 9.17) is 9.47 Å². The maximum absolute atomic E-state index is 13.0. The topological polar surface area (TPSA) is 63.7 Å². The van der Waals surface area contributed by atoms with Crippen molar-refractivity contribution in [2.24, 2.45) is 0 Å². The number of methoxy groups -OCH3 is 1. The fourth-order valence-electron chi connectivity index (χ4n) is 2.93. The summed E-state index contributed by atoms with van der Waals surface area (Å²) in [6.07, 6.45) is -3.01. The largest absolute Gasteiger partial charge is 0.493 e. The molecule has 1 N–H and O–H groups in total. The SMILES string of the molecule is COc1ccccc1OCCN(C)C(=O)c1cccnc1Nc1cccc(C(F)(F)F)c1. The molecule has 168 valence electrons. The number of alkyl halides is 3. The molecule has 0 aliphatic carbocycles. The van der Waals surface area contributed by atoms with E-state index in [1.807, 2.05) is 12.1 Å². The van der Waals surface area contributed by atoms with Gasteiger partial charge in [0.1, 0.15) is 12.4 Å². The number of pyridine rings is 1. The summed E-state index contributed by atoms with van der Waals surface area (Å²) in [6, 6.07) is 15.0. The van der Waals surface area contributed by atoms with Crippen molar-refractivity contribution in [3.63, 3.8) is 0 Å². The molecular formula is C23H22F3N3O3. The number of ether oxygens (including phenoxy) is 2. The highest BCUT2D eigenvalue weighted by atomic mass is 19.4. The van der Waals surface area contributed by atoms with E-state index in [2.05, 4.69) is 10.3 Å². The van der Waals surface area contributed by atoms with Crippen LogP contribution in [0.4, 0.5) is 24.7 Å². The van der Waals surface area contributed by atoms with Crippen LogP contribution in [0.2, 0.25) is 0 Å². The normalized spacial score (nSPS) is 11.0. The second-order valence-corrected chi connectivity index (χ2v) is 6.83. The van der Waals surface area contributed by atoms with E-state index in [1.54, 1.807) is 38.4 Å². The number of carbonyl (C=O) groups is 1. The molecule has 0 saturated heterocycles. The number of anilines is 2. The Morgan fingerprint density at radius 1 is 1.06 bits per heavy atom. The lowest BCUT2D eigenvalue weighted by molar-refractivity contribution is -0.137. The van der Waals surface area contributed by atoms with E-state index >= 15 is 0 Å². The van der Waals surface area contributed by atoms with Gasteiger partial charge >= 0.3 is 6.18 Å². The van der Waals surface area contributed by atoms with Gasteiger partial charge < -0.3 is 19.7 Å². The summed E-state index contributed by atoms with van der Waals surface area (Å²) < 4.78 is 49.9. The van der Waals surface area contributed by atoms with Crippen molar-refractivity contribution in [1.29, 1.82) is 0 Å². The summed E-state index contributed by atoms with van der Waals surface area (Å²) in [5.74, 6) is 0.955. The molecule has 1 heterocycles. The molecule has 0 radical (unpaired) electrons. The van der Waals surface area contributed by atoms with Gasteiger partial charge in [-0.3, -0.25) is 4.79 Å². The summed E-state index contributed by atoms with van der Waals surface area (Å²) in [5.41, 5.74) is -0.392. The Morgan fingerprint density at radius 3 is 2.53 bits per heavy atom. The predicted molar refractivity (Wildman–Crippen MR) is 114 cm³/mol. The highest BCUT2D eigenvalue weighted by Gasteiger charge is 2.30.